The van der Waals surface area contributed by atoms with Gasteiger partial charge in [-0.05, 0) is 78.5 Å². The number of nitrogens with one attached hydrogen (secondary N) is 3. The highest BCUT2D eigenvalue weighted by molar-refractivity contribution is 5.98. The van der Waals surface area contributed by atoms with Crippen molar-refractivity contribution in [2.75, 3.05) is 18.4 Å². The molecule has 1 aliphatic heterocycles. The summed E-state index contributed by atoms with van der Waals surface area (Å²) in [5.74, 6) is 0.540. The number of imidazole rings is 1. The van der Waals surface area contributed by atoms with E-state index in [2.05, 4.69) is 35.4 Å². The number of pyridine rings is 2. The molecule has 7 rings (SSSR count). The third-order valence-corrected chi connectivity index (χ3v) is 7.75. The first-order chi connectivity index (χ1) is 20.9. The van der Waals surface area contributed by atoms with E-state index in [1.807, 2.05) is 44.2 Å². The normalized spacial score (nSPS) is 13.6. The summed E-state index contributed by atoms with van der Waals surface area (Å²) < 4.78 is 14.7. The molecule has 6 aromatic rings. The Bertz CT molecular complexity index is 1970. The molecule has 4 aromatic heterocycles. The summed E-state index contributed by atoms with van der Waals surface area (Å²) in [4.78, 5) is 31.7. The van der Waals surface area contributed by atoms with Gasteiger partial charge in [-0.15, -0.1) is 0 Å². The van der Waals surface area contributed by atoms with Gasteiger partial charge in [0.1, 0.15) is 11.5 Å². The fraction of sp³-hybridized carbons (Fsp3) is 0.242. The van der Waals surface area contributed by atoms with Gasteiger partial charge in [-0.2, -0.15) is 5.10 Å². The number of carbonyl (C=O) groups excluding carboxylic acids is 1. The first-order valence-electron chi connectivity index (χ1n) is 14.5. The molecule has 9 nitrogen and oxygen atoms in total. The molecule has 0 spiro atoms. The Morgan fingerprint density at radius 3 is 2.65 bits per heavy atom. The van der Waals surface area contributed by atoms with E-state index in [0.29, 0.717) is 29.1 Å². The zero-order chi connectivity index (χ0) is 29.5. The molecule has 2 aromatic carbocycles. The quantitative estimate of drug-likeness (QED) is 0.190. The summed E-state index contributed by atoms with van der Waals surface area (Å²) in [6.45, 7) is 6.84. The summed E-state index contributed by atoms with van der Waals surface area (Å²) in [6.07, 6.45) is 8.51. The smallest absolute Gasteiger partial charge is 0.224 e. The number of hydrogen-bond donors (Lipinski definition) is 3. The predicted molar refractivity (Wildman–Crippen MR) is 166 cm³/mol. The van der Waals surface area contributed by atoms with Crippen molar-refractivity contribution in [3.05, 3.63) is 78.6 Å². The molecule has 1 amide bonds. The first-order valence-corrected chi connectivity index (χ1v) is 14.5. The molecule has 1 fully saturated rings. The molecule has 0 unspecified atom stereocenters. The number of hydrogen-bond acceptors (Lipinski definition) is 6. The molecule has 5 heterocycles. The van der Waals surface area contributed by atoms with Gasteiger partial charge in [0.15, 0.2) is 5.82 Å². The lowest BCUT2D eigenvalue weighted by molar-refractivity contribution is -0.116. The van der Waals surface area contributed by atoms with Crippen molar-refractivity contribution in [2.24, 2.45) is 5.92 Å². The van der Waals surface area contributed by atoms with Crippen LogP contribution >= 0.6 is 0 Å². The summed E-state index contributed by atoms with van der Waals surface area (Å²) in [5, 5.41) is 11.5. The van der Waals surface area contributed by atoms with Gasteiger partial charge in [-0.3, -0.25) is 24.8 Å². The van der Waals surface area contributed by atoms with Crippen LogP contribution in [0.1, 0.15) is 32.3 Å². The maximum Gasteiger partial charge on any atom is 0.224 e. The van der Waals surface area contributed by atoms with E-state index in [-0.39, 0.29) is 17.6 Å². The molecule has 0 bridgehead atoms. The third kappa shape index (κ3) is 5.49. The summed E-state index contributed by atoms with van der Waals surface area (Å²) in [7, 11) is 0. The number of H-pyrrole nitrogens is 2. The predicted octanol–water partition coefficient (Wildman–Crippen LogP) is 6.56. The number of halogens is 1. The lowest BCUT2D eigenvalue weighted by Gasteiger charge is -2.30. The highest BCUT2D eigenvalue weighted by Gasteiger charge is 2.19. The zero-order valence-corrected chi connectivity index (χ0v) is 24.0. The standard InChI is InChI=1S/C33H31FN8O/c1-19(2)8-30(43)37-25-12-23(14-35-15-25)21-4-5-28-26(13-21)32(41-40-28)33-38-29-17-36-16-27(31(29)39-33)22-9-20(10-24(34)11-22)18-42-6-3-7-42/h4-5,9-17,19H,3,6-8,18H2,1-2H3,(H,37,43)(H,38,39)(H,40,41). The molecule has 0 radical (unpaired) electrons. The van der Waals surface area contributed by atoms with E-state index in [4.69, 9.17) is 4.98 Å². The molecule has 0 saturated carbocycles. The van der Waals surface area contributed by atoms with Crippen LogP contribution in [0.25, 0.3) is 55.7 Å². The van der Waals surface area contributed by atoms with Crippen LogP contribution in [-0.2, 0) is 11.3 Å². The van der Waals surface area contributed by atoms with Gasteiger partial charge < -0.3 is 10.3 Å². The lowest BCUT2D eigenvalue weighted by Crippen LogP contribution is -2.36. The molecule has 43 heavy (non-hydrogen) atoms. The molecular weight excluding hydrogens is 543 g/mol. The second kappa shape index (κ2) is 11.0. The minimum atomic E-state index is -0.273. The van der Waals surface area contributed by atoms with Crippen LogP contribution in [0.4, 0.5) is 10.1 Å². The number of aromatic amines is 2. The fourth-order valence-electron chi connectivity index (χ4n) is 5.57. The fourth-order valence-corrected chi connectivity index (χ4v) is 5.57. The number of anilines is 1. The van der Waals surface area contributed by atoms with Gasteiger partial charge >= 0.3 is 0 Å². The minimum Gasteiger partial charge on any atom is -0.335 e. The van der Waals surface area contributed by atoms with Crippen LogP contribution in [0.3, 0.4) is 0 Å². The van der Waals surface area contributed by atoms with Crippen molar-refractivity contribution in [2.45, 2.75) is 33.2 Å². The first kappa shape index (κ1) is 26.9. The molecule has 1 saturated heterocycles. The second-order valence-corrected chi connectivity index (χ2v) is 11.6. The van der Waals surface area contributed by atoms with E-state index in [9.17, 15) is 9.18 Å². The average molecular weight is 575 g/mol. The van der Waals surface area contributed by atoms with E-state index < -0.39 is 0 Å². The van der Waals surface area contributed by atoms with Gasteiger partial charge in [-0.1, -0.05) is 19.9 Å². The lowest BCUT2D eigenvalue weighted by atomic mass is 10.0. The van der Waals surface area contributed by atoms with Crippen molar-refractivity contribution in [3.63, 3.8) is 0 Å². The van der Waals surface area contributed by atoms with Crippen LogP contribution in [-0.4, -0.2) is 54.0 Å². The minimum absolute atomic E-state index is 0.0362. The van der Waals surface area contributed by atoms with E-state index in [0.717, 1.165) is 63.9 Å². The number of amides is 1. The number of carbonyl (C=O) groups is 1. The molecule has 3 N–H and O–H groups in total. The van der Waals surface area contributed by atoms with Crippen molar-refractivity contribution in [3.8, 4) is 33.8 Å². The Hall–Kier alpha value is -4.96. The number of nitrogens with zero attached hydrogens (tertiary/aromatic N) is 5. The van der Waals surface area contributed by atoms with Crippen molar-refractivity contribution in [1.82, 2.24) is 35.0 Å². The van der Waals surface area contributed by atoms with Gasteiger partial charge in [0, 0.05) is 41.9 Å². The number of likely N-dealkylation sites (tertiary alicyclic amines) is 1. The second-order valence-electron chi connectivity index (χ2n) is 11.6. The Balaban J connectivity index is 1.23. The molecular formula is C33H31FN8O. The Morgan fingerprint density at radius 1 is 0.977 bits per heavy atom. The number of rotatable bonds is 8. The zero-order valence-electron chi connectivity index (χ0n) is 24.0. The molecule has 216 valence electrons. The summed E-state index contributed by atoms with van der Waals surface area (Å²) in [5.41, 5.74) is 7.84. The monoisotopic (exact) mass is 574 g/mol. The molecule has 0 aliphatic carbocycles. The number of aromatic nitrogens is 6. The number of benzene rings is 2. The molecule has 1 aliphatic rings. The van der Waals surface area contributed by atoms with Gasteiger partial charge in [0.25, 0.3) is 0 Å². The van der Waals surface area contributed by atoms with Crippen LogP contribution in [0.2, 0.25) is 0 Å². The van der Waals surface area contributed by atoms with Gasteiger partial charge in [0.05, 0.1) is 34.6 Å². The largest absolute Gasteiger partial charge is 0.335 e. The Labute approximate surface area is 247 Å². The Kier molecular flexibility index (Phi) is 6.90. The summed E-state index contributed by atoms with van der Waals surface area (Å²) in [6, 6.07) is 13.1. The highest BCUT2D eigenvalue weighted by Crippen LogP contribution is 2.34. The van der Waals surface area contributed by atoms with Crippen molar-refractivity contribution >= 4 is 33.5 Å². The Morgan fingerprint density at radius 2 is 1.84 bits per heavy atom. The topological polar surface area (TPSA) is 115 Å². The SMILES string of the molecule is CC(C)CC(=O)Nc1cncc(-c2ccc3[nH]nc(-c4nc5c(-c6cc(F)cc(CN7CCC7)c6)cncc5[nH]4)c3c2)c1. The van der Waals surface area contributed by atoms with E-state index >= 15 is 0 Å². The number of fused-ring (bicyclic) bond motifs is 2. The third-order valence-electron chi connectivity index (χ3n) is 7.75. The van der Waals surface area contributed by atoms with E-state index in [1.54, 1.807) is 30.9 Å². The average Bonchev–Trinajstić information content (AvgIpc) is 3.58. The van der Waals surface area contributed by atoms with E-state index in [1.165, 1.54) is 12.5 Å². The maximum absolute atomic E-state index is 14.7. The maximum atomic E-state index is 14.7. The summed E-state index contributed by atoms with van der Waals surface area (Å²) >= 11 is 0. The van der Waals surface area contributed by atoms with Gasteiger partial charge in [-0.25, -0.2) is 9.37 Å². The molecule has 0 atom stereocenters. The van der Waals surface area contributed by atoms with Gasteiger partial charge in [0.2, 0.25) is 5.91 Å². The van der Waals surface area contributed by atoms with Crippen molar-refractivity contribution in [1.29, 1.82) is 0 Å². The van der Waals surface area contributed by atoms with Crippen molar-refractivity contribution < 1.29 is 9.18 Å². The van der Waals surface area contributed by atoms with Crippen LogP contribution < -0.4 is 5.32 Å². The highest BCUT2D eigenvalue weighted by atomic mass is 19.1. The van der Waals surface area contributed by atoms with Crippen LogP contribution in [0.15, 0.2) is 67.3 Å². The van der Waals surface area contributed by atoms with Crippen LogP contribution in [0.5, 0.6) is 0 Å². The van der Waals surface area contributed by atoms with Crippen LogP contribution in [0, 0.1) is 11.7 Å². The molecule has 10 heteroatoms.